The van der Waals surface area contributed by atoms with Crippen LogP contribution in [-0.4, -0.2) is 30.1 Å². The zero-order valence-electron chi connectivity index (χ0n) is 15.5. The minimum absolute atomic E-state index is 0.0385. The lowest BCUT2D eigenvalue weighted by molar-refractivity contribution is 0.223. The Morgan fingerprint density at radius 2 is 2.16 bits per heavy atom. The summed E-state index contributed by atoms with van der Waals surface area (Å²) in [5.74, 6) is 1.68. The van der Waals surface area contributed by atoms with E-state index in [9.17, 15) is 0 Å². The summed E-state index contributed by atoms with van der Waals surface area (Å²) in [4.78, 5) is 9.16. The normalized spacial score (nSPS) is 12.7. The van der Waals surface area contributed by atoms with Gasteiger partial charge in [0.1, 0.15) is 11.9 Å². The Bertz CT molecular complexity index is 684. The fourth-order valence-electron chi connectivity index (χ4n) is 2.29. The molecule has 0 saturated heterocycles. The van der Waals surface area contributed by atoms with E-state index in [0.29, 0.717) is 13.1 Å². The van der Waals surface area contributed by atoms with Gasteiger partial charge in [-0.1, -0.05) is 19.1 Å². The number of hydrogen-bond donors (Lipinski definition) is 2. The van der Waals surface area contributed by atoms with Crippen LogP contribution in [0.3, 0.4) is 0 Å². The summed E-state index contributed by atoms with van der Waals surface area (Å²) in [6.45, 7) is 10.4. The first kappa shape index (κ1) is 19.2. The van der Waals surface area contributed by atoms with Crippen LogP contribution in [0.5, 0.6) is 5.75 Å². The third-order valence-electron chi connectivity index (χ3n) is 3.53. The van der Waals surface area contributed by atoms with E-state index in [1.807, 2.05) is 25.1 Å². The van der Waals surface area contributed by atoms with Crippen molar-refractivity contribution in [2.45, 2.75) is 46.8 Å². The molecule has 0 radical (unpaired) electrons. The van der Waals surface area contributed by atoms with Gasteiger partial charge >= 0.3 is 0 Å². The zero-order chi connectivity index (χ0) is 18.1. The van der Waals surface area contributed by atoms with E-state index in [1.165, 1.54) is 5.56 Å². The zero-order valence-corrected chi connectivity index (χ0v) is 16.3. The third-order valence-corrected chi connectivity index (χ3v) is 4.57. The fraction of sp³-hybridized carbons (Fsp3) is 0.474. The summed E-state index contributed by atoms with van der Waals surface area (Å²) in [5.41, 5.74) is 2.21. The van der Waals surface area contributed by atoms with Crippen LogP contribution in [0.15, 0.2) is 34.6 Å². The highest BCUT2D eigenvalue weighted by Gasteiger charge is 2.06. The molecule has 136 valence electrons. The summed E-state index contributed by atoms with van der Waals surface area (Å²) in [5, 5.41) is 9.83. The van der Waals surface area contributed by atoms with Crippen molar-refractivity contribution in [2.75, 3.05) is 13.1 Å². The van der Waals surface area contributed by atoms with Crippen molar-refractivity contribution in [3.63, 3.8) is 0 Å². The molecule has 5 nitrogen and oxygen atoms in total. The molecule has 1 atom stereocenters. The van der Waals surface area contributed by atoms with Crippen LogP contribution >= 0.6 is 11.3 Å². The van der Waals surface area contributed by atoms with Crippen molar-refractivity contribution in [3.8, 4) is 5.75 Å². The van der Waals surface area contributed by atoms with Crippen LogP contribution in [0, 0.1) is 6.92 Å². The second-order valence-corrected chi connectivity index (χ2v) is 6.85. The summed E-state index contributed by atoms with van der Waals surface area (Å²) < 4.78 is 5.95. The number of hydrogen-bond acceptors (Lipinski definition) is 4. The molecule has 2 aromatic rings. The summed E-state index contributed by atoms with van der Waals surface area (Å²) in [6.07, 6.45) is 1.01. The minimum Gasteiger partial charge on any atom is -0.489 e. The quantitative estimate of drug-likeness (QED) is 0.558. The highest BCUT2D eigenvalue weighted by Crippen LogP contribution is 2.14. The second kappa shape index (κ2) is 10.0. The number of guanidine groups is 1. The predicted octanol–water partition coefficient (Wildman–Crippen LogP) is 3.54. The van der Waals surface area contributed by atoms with E-state index < -0.39 is 0 Å². The molecule has 25 heavy (non-hydrogen) atoms. The summed E-state index contributed by atoms with van der Waals surface area (Å²) in [6, 6.07) is 8.10. The van der Waals surface area contributed by atoms with Crippen LogP contribution in [0.1, 0.15) is 37.0 Å². The smallest absolute Gasteiger partial charge is 0.191 e. The Kier molecular flexibility index (Phi) is 7.73. The number of aromatic nitrogens is 1. The number of rotatable bonds is 8. The van der Waals surface area contributed by atoms with Crippen LogP contribution in [0.2, 0.25) is 0 Å². The molecule has 1 unspecified atom stereocenters. The van der Waals surface area contributed by atoms with Gasteiger partial charge in [0.25, 0.3) is 0 Å². The molecule has 0 saturated carbocycles. The summed E-state index contributed by atoms with van der Waals surface area (Å²) in [7, 11) is 0. The average molecular weight is 361 g/mol. The lowest BCUT2D eigenvalue weighted by Gasteiger charge is -2.18. The maximum Gasteiger partial charge on any atom is 0.191 e. The Hall–Kier alpha value is -2.08. The van der Waals surface area contributed by atoms with Gasteiger partial charge in [-0.25, -0.2) is 9.98 Å². The molecule has 1 heterocycles. The Balaban J connectivity index is 1.86. The van der Waals surface area contributed by atoms with Crippen LogP contribution in [0.25, 0.3) is 0 Å². The van der Waals surface area contributed by atoms with Crippen molar-refractivity contribution < 1.29 is 4.74 Å². The molecule has 0 amide bonds. The van der Waals surface area contributed by atoms with Crippen LogP contribution in [-0.2, 0) is 13.0 Å². The topological polar surface area (TPSA) is 58.5 Å². The maximum absolute atomic E-state index is 5.95. The number of ether oxygens (including phenoxy) is 1. The van der Waals surface area contributed by atoms with E-state index in [-0.39, 0.29) is 6.10 Å². The van der Waals surface area contributed by atoms with Gasteiger partial charge in [-0.05, 0) is 44.9 Å². The molecule has 0 aliphatic carbocycles. The lowest BCUT2D eigenvalue weighted by Crippen LogP contribution is -2.41. The molecule has 0 aliphatic rings. The van der Waals surface area contributed by atoms with Gasteiger partial charge in [-0.15, -0.1) is 11.3 Å². The molecule has 0 spiro atoms. The first-order valence-corrected chi connectivity index (χ1v) is 9.67. The molecule has 2 rings (SSSR count). The highest BCUT2D eigenvalue weighted by molar-refractivity contribution is 7.09. The molecule has 0 aliphatic heterocycles. The molecule has 6 heteroatoms. The van der Waals surface area contributed by atoms with E-state index in [1.54, 1.807) is 11.3 Å². The van der Waals surface area contributed by atoms with E-state index in [0.717, 1.165) is 35.4 Å². The van der Waals surface area contributed by atoms with Gasteiger partial charge in [0.2, 0.25) is 0 Å². The lowest BCUT2D eigenvalue weighted by atomic mass is 10.2. The average Bonchev–Trinajstić information content (AvgIpc) is 3.05. The molecule has 2 N–H and O–H groups in total. The van der Waals surface area contributed by atoms with Crippen molar-refractivity contribution in [1.29, 1.82) is 0 Å². The monoisotopic (exact) mass is 360 g/mol. The van der Waals surface area contributed by atoms with E-state index in [2.05, 4.69) is 52.8 Å². The standard InChI is InChI=1S/C19H28N4OS/c1-5-18-23-16(13-25-18)12-22-19(20-6-2)21-11-15(4)24-17-9-7-8-14(3)10-17/h7-10,13,15H,5-6,11-12H2,1-4H3,(H2,20,21,22). The number of aliphatic imine (C=N–C) groups is 1. The highest BCUT2D eigenvalue weighted by atomic mass is 32.1. The molecular weight excluding hydrogens is 332 g/mol. The van der Waals surface area contributed by atoms with Crippen molar-refractivity contribution >= 4 is 17.3 Å². The molecule has 0 fully saturated rings. The molecular formula is C19H28N4OS. The van der Waals surface area contributed by atoms with E-state index in [4.69, 9.17) is 4.74 Å². The number of benzene rings is 1. The number of thiazole rings is 1. The molecule has 0 bridgehead atoms. The first-order chi connectivity index (χ1) is 12.1. The molecule has 1 aromatic heterocycles. The largest absolute Gasteiger partial charge is 0.489 e. The second-order valence-electron chi connectivity index (χ2n) is 5.91. The van der Waals surface area contributed by atoms with Crippen molar-refractivity contribution in [3.05, 3.63) is 45.9 Å². The number of nitrogens with one attached hydrogen (secondary N) is 2. The Morgan fingerprint density at radius 3 is 2.84 bits per heavy atom. The number of nitrogens with zero attached hydrogens (tertiary/aromatic N) is 2. The SMILES string of the molecule is CCNC(=NCc1csc(CC)n1)NCC(C)Oc1cccc(C)c1. The van der Waals surface area contributed by atoms with Gasteiger partial charge in [-0.2, -0.15) is 0 Å². The predicted molar refractivity (Wildman–Crippen MR) is 106 cm³/mol. The van der Waals surface area contributed by atoms with E-state index >= 15 is 0 Å². The van der Waals surface area contributed by atoms with Gasteiger partial charge < -0.3 is 15.4 Å². The van der Waals surface area contributed by atoms with Gasteiger partial charge in [0.15, 0.2) is 5.96 Å². The summed E-state index contributed by atoms with van der Waals surface area (Å²) >= 11 is 1.69. The third kappa shape index (κ3) is 6.74. The van der Waals surface area contributed by atoms with Crippen LogP contribution < -0.4 is 15.4 Å². The molecule has 1 aromatic carbocycles. The number of aryl methyl sites for hydroxylation is 2. The maximum atomic E-state index is 5.95. The van der Waals surface area contributed by atoms with Crippen LogP contribution in [0.4, 0.5) is 0 Å². The minimum atomic E-state index is 0.0385. The van der Waals surface area contributed by atoms with Crippen molar-refractivity contribution in [1.82, 2.24) is 15.6 Å². The van der Waals surface area contributed by atoms with Gasteiger partial charge in [0.05, 0.1) is 23.8 Å². The first-order valence-electron chi connectivity index (χ1n) is 8.79. The fourth-order valence-corrected chi connectivity index (χ4v) is 3.02. The Labute approximate surface area is 154 Å². The van der Waals surface area contributed by atoms with Gasteiger partial charge in [-0.3, -0.25) is 0 Å². The van der Waals surface area contributed by atoms with Gasteiger partial charge in [0, 0.05) is 11.9 Å². The van der Waals surface area contributed by atoms with Crippen molar-refractivity contribution in [2.24, 2.45) is 4.99 Å². The Morgan fingerprint density at radius 1 is 1.32 bits per heavy atom.